The maximum absolute atomic E-state index is 12.5. The van der Waals surface area contributed by atoms with Gasteiger partial charge in [0.1, 0.15) is 6.23 Å². The molecule has 1 aliphatic heterocycles. The van der Waals surface area contributed by atoms with E-state index in [2.05, 4.69) is 19.2 Å². The molecule has 210 valence electrons. The molecule has 8 heteroatoms. The molecule has 1 aromatic heterocycles. The summed E-state index contributed by atoms with van der Waals surface area (Å²) in [6.45, 7) is 5.60. The summed E-state index contributed by atoms with van der Waals surface area (Å²) >= 11 is 0. The van der Waals surface area contributed by atoms with Crippen LogP contribution in [0, 0.1) is 34.5 Å². The molecule has 0 aromatic carbocycles. The first kappa shape index (κ1) is 26.3. The summed E-state index contributed by atoms with van der Waals surface area (Å²) in [7, 11) is 0. The van der Waals surface area contributed by atoms with Gasteiger partial charge in [-0.3, -0.25) is 5.32 Å². The molecule has 1 saturated heterocycles. The first-order chi connectivity index (χ1) is 18.1. The number of hydrogen-bond acceptors (Lipinski definition) is 6. The summed E-state index contributed by atoms with van der Waals surface area (Å²) in [5.41, 5.74) is -0.0985. The van der Waals surface area contributed by atoms with Gasteiger partial charge in [-0.15, -0.1) is 0 Å². The molecule has 0 radical (unpaired) electrons. The monoisotopic (exact) mass is 528 g/mol. The molecule has 5 aliphatic rings. The highest BCUT2D eigenvalue weighted by molar-refractivity contribution is 5.65. The smallest absolute Gasteiger partial charge is 0.407 e. The van der Waals surface area contributed by atoms with Crippen molar-refractivity contribution in [1.29, 1.82) is 0 Å². The summed E-state index contributed by atoms with van der Waals surface area (Å²) in [5.74, 6) is 1.75. The van der Waals surface area contributed by atoms with Crippen LogP contribution in [-0.2, 0) is 0 Å². The summed E-state index contributed by atoms with van der Waals surface area (Å²) in [6, 6.07) is 3.29. The largest absolute Gasteiger partial charge is 0.465 e. The Labute approximate surface area is 224 Å². The van der Waals surface area contributed by atoms with Crippen molar-refractivity contribution in [1.82, 2.24) is 10.2 Å². The molecule has 8 nitrogen and oxygen atoms in total. The van der Waals surface area contributed by atoms with E-state index in [1.165, 1.54) is 6.07 Å². The Morgan fingerprint density at radius 3 is 2.61 bits per heavy atom. The van der Waals surface area contributed by atoms with E-state index in [4.69, 9.17) is 4.42 Å². The quantitative estimate of drug-likeness (QED) is 0.455. The molecule has 2 heterocycles. The Bertz CT molecular complexity index is 1100. The summed E-state index contributed by atoms with van der Waals surface area (Å²) in [5, 5.41) is 35.6. The minimum absolute atomic E-state index is 0.104. The van der Waals surface area contributed by atoms with E-state index in [1.807, 2.05) is 6.07 Å². The topological polar surface area (TPSA) is 123 Å². The Kier molecular flexibility index (Phi) is 6.47. The van der Waals surface area contributed by atoms with E-state index in [0.717, 1.165) is 63.4 Å². The van der Waals surface area contributed by atoms with Crippen LogP contribution in [0.4, 0.5) is 4.79 Å². The Morgan fingerprint density at radius 1 is 1.05 bits per heavy atom. The number of nitrogens with one attached hydrogen (secondary N) is 1. The van der Waals surface area contributed by atoms with Gasteiger partial charge in [0.2, 0.25) is 0 Å². The SMILES string of the molecule is C[C@@]12CCC(C3CN[C@@H](O)CCN3C(=O)O)CC1CC[C@@H]1[C@@H]2CC[C@]2(C)[C@@H](c3ccc(=O)oc3)CC[C@]12O. The summed E-state index contributed by atoms with van der Waals surface area (Å²) < 4.78 is 5.22. The molecule has 4 aliphatic carbocycles. The van der Waals surface area contributed by atoms with Gasteiger partial charge in [-0.2, -0.15) is 0 Å². The average Bonchev–Trinajstić information content (AvgIpc) is 3.02. The zero-order valence-corrected chi connectivity index (χ0v) is 22.8. The van der Waals surface area contributed by atoms with Gasteiger partial charge in [-0.25, -0.2) is 9.59 Å². The van der Waals surface area contributed by atoms with E-state index in [-0.39, 0.29) is 34.3 Å². The number of aliphatic hydroxyl groups is 2. The molecule has 10 atom stereocenters. The van der Waals surface area contributed by atoms with Gasteiger partial charge >= 0.3 is 11.7 Å². The van der Waals surface area contributed by atoms with Gasteiger partial charge in [0.05, 0.1) is 17.9 Å². The van der Waals surface area contributed by atoms with Crippen LogP contribution in [0.3, 0.4) is 0 Å². The third kappa shape index (κ3) is 3.88. The first-order valence-electron chi connectivity index (χ1n) is 14.8. The molecule has 38 heavy (non-hydrogen) atoms. The number of fused-ring (bicyclic) bond motifs is 5. The molecular weight excluding hydrogens is 484 g/mol. The standard InChI is InChI=1S/C30H44N2O6/c1-28-11-7-18(24-16-31-25(33)10-14-32(24)27(35)36)15-20(28)4-5-23-22(28)8-12-29(2)21(9-13-30(23,29)37)19-3-6-26(34)38-17-19/h3,6,17-18,20-25,31,33,37H,4-5,7-16H2,1-2H3,(H,35,36)/t18?,20?,21-,22+,23-,24?,25+,28-,29-,30+/m1/s1. The number of aliphatic hydroxyl groups excluding tert-OH is 1. The minimum atomic E-state index is -0.884. The molecule has 4 saturated carbocycles. The molecule has 0 bridgehead atoms. The normalized spacial score (nSPS) is 46.9. The maximum Gasteiger partial charge on any atom is 0.407 e. The van der Waals surface area contributed by atoms with Crippen molar-refractivity contribution in [3.63, 3.8) is 0 Å². The zero-order chi connectivity index (χ0) is 26.9. The highest BCUT2D eigenvalue weighted by Crippen LogP contribution is 2.70. The maximum atomic E-state index is 12.5. The fraction of sp³-hybridized carbons (Fsp3) is 0.800. The highest BCUT2D eigenvalue weighted by Gasteiger charge is 2.67. The fourth-order valence-corrected chi connectivity index (χ4v) is 10.3. The van der Waals surface area contributed by atoms with Crippen molar-refractivity contribution < 1.29 is 24.5 Å². The Hall–Kier alpha value is -1.90. The fourth-order valence-electron chi connectivity index (χ4n) is 10.3. The van der Waals surface area contributed by atoms with Crippen molar-refractivity contribution in [3.8, 4) is 0 Å². The van der Waals surface area contributed by atoms with Crippen molar-refractivity contribution >= 4 is 6.09 Å². The van der Waals surface area contributed by atoms with Crippen molar-refractivity contribution in [2.75, 3.05) is 13.1 Å². The molecule has 4 N–H and O–H groups in total. The zero-order valence-electron chi connectivity index (χ0n) is 22.8. The van der Waals surface area contributed by atoms with E-state index >= 15 is 0 Å². The lowest BCUT2D eigenvalue weighted by atomic mass is 9.42. The molecule has 3 unspecified atom stereocenters. The molecule has 5 fully saturated rings. The van der Waals surface area contributed by atoms with Gasteiger partial charge in [0.25, 0.3) is 0 Å². The van der Waals surface area contributed by atoms with Crippen LogP contribution in [0.25, 0.3) is 0 Å². The Balaban J connectivity index is 1.22. The predicted molar refractivity (Wildman–Crippen MR) is 142 cm³/mol. The molecule has 1 aromatic rings. The number of rotatable bonds is 2. The number of hydrogen-bond donors (Lipinski definition) is 4. The van der Waals surface area contributed by atoms with Gasteiger partial charge in [-0.1, -0.05) is 13.8 Å². The van der Waals surface area contributed by atoms with Crippen molar-refractivity contribution in [3.05, 3.63) is 34.4 Å². The third-order valence-corrected chi connectivity index (χ3v) is 12.4. The van der Waals surface area contributed by atoms with Gasteiger partial charge in [0.15, 0.2) is 0 Å². The average molecular weight is 529 g/mol. The first-order valence-corrected chi connectivity index (χ1v) is 14.8. The predicted octanol–water partition coefficient (Wildman–Crippen LogP) is 4.16. The lowest BCUT2D eigenvalue weighted by Gasteiger charge is -2.64. The van der Waals surface area contributed by atoms with Crippen molar-refractivity contribution in [2.45, 2.75) is 102 Å². The summed E-state index contributed by atoms with van der Waals surface area (Å²) in [6.07, 6.45) is 9.45. The van der Waals surface area contributed by atoms with E-state index in [0.29, 0.717) is 37.3 Å². The van der Waals surface area contributed by atoms with Crippen LogP contribution >= 0.6 is 0 Å². The third-order valence-electron chi connectivity index (χ3n) is 12.4. The van der Waals surface area contributed by atoms with Crippen LogP contribution in [0.2, 0.25) is 0 Å². The lowest BCUT2D eigenvalue weighted by Crippen LogP contribution is -2.62. The van der Waals surface area contributed by atoms with Crippen LogP contribution < -0.4 is 10.9 Å². The van der Waals surface area contributed by atoms with Gasteiger partial charge in [-0.05, 0) is 104 Å². The molecule has 0 spiro atoms. The number of amides is 1. The van der Waals surface area contributed by atoms with E-state index in [1.54, 1.807) is 11.2 Å². The molecule has 6 rings (SSSR count). The number of carboxylic acid groups (broad SMARTS) is 1. The molecule has 1 amide bonds. The highest BCUT2D eigenvalue weighted by atomic mass is 16.4. The van der Waals surface area contributed by atoms with Crippen molar-refractivity contribution in [2.24, 2.45) is 34.5 Å². The number of carbonyl (C=O) groups is 1. The summed E-state index contributed by atoms with van der Waals surface area (Å²) in [4.78, 5) is 25.2. The second-order valence-corrected chi connectivity index (χ2v) is 13.6. The van der Waals surface area contributed by atoms with Crippen LogP contribution in [-0.4, -0.2) is 57.3 Å². The Morgan fingerprint density at radius 2 is 1.87 bits per heavy atom. The van der Waals surface area contributed by atoms with E-state index < -0.39 is 17.9 Å². The lowest BCUT2D eigenvalue weighted by molar-refractivity contribution is -0.204. The van der Waals surface area contributed by atoms with Gasteiger partial charge < -0.3 is 24.6 Å². The van der Waals surface area contributed by atoms with Gasteiger partial charge in [0, 0.05) is 31.0 Å². The van der Waals surface area contributed by atoms with E-state index in [9.17, 15) is 24.9 Å². The molecular formula is C30H44N2O6. The van der Waals surface area contributed by atoms with Crippen LogP contribution in [0.15, 0.2) is 27.6 Å². The van der Waals surface area contributed by atoms with Crippen LogP contribution in [0.5, 0.6) is 0 Å². The minimum Gasteiger partial charge on any atom is -0.465 e. The number of nitrogens with zero attached hydrogens (tertiary/aromatic N) is 1. The second-order valence-electron chi connectivity index (χ2n) is 13.6. The second kappa shape index (κ2) is 9.34. The van der Waals surface area contributed by atoms with Crippen LogP contribution in [0.1, 0.15) is 89.5 Å².